The van der Waals surface area contributed by atoms with Crippen LogP contribution >= 0.6 is 0 Å². The molecule has 2 rings (SSSR count). The van der Waals surface area contributed by atoms with Crippen LogP contribution in [-0.2, 0) is 14.6 Å². The molecule has 1 aromatic carbocycles. The Bertz CT molecular complexity index is 624. The average molecular weight is 357 g/mol. The third-order valence-electron chi connectivity index (χ3n) is 4.15. The van der Waals surface area contributed by atoms with Crippen molar-refractivity contribution in [2.24, 2.45) is 0 Å². The summed E-state index contributed by atoms with van der Waals surface area (Å²) in [6.45, 7) is 0.815. The Morgan fingerprint density at radius 1 is 1.21 bits per heavy atom. The largest absolute Gasteiger partial charge is 0.494 e. The Hall–Kier alpha value is -1.63. The van der Waals surface area contributed by atoms with E-state index in [1.165, 1.54) is 12.1 Å². The fourth-order valence-corrected chi connectivity index (χ4v) is 4.61. The Balaban J connectivity index is 1.57. The second kappa shape index (κ2) is 9.01. The van der Waals surface area contributed by atoms with Crippen molar-refractivity contribution in [1.29, 1.82) is 0 Å². The molecule has 1 aromatic rings. The number of hydrogen-bond acceptors (Lipinski definition) is 4. The summed E-state index contributed by atoms with van der Waals surface area (Å²) in [6, 6.07) is 5.73. The Kier molecular flexibility index (Phi) is 7.02. The van der Waals surface area contributed by atoms with Gasteiger partial charge in [0.25, 0.3) is 0 Å². The summed E-state index contributed by atoms with van der Waals surface area (Å²) in [5, 5.41) is 2.44. The lowest BCUT2D eigenvalue weighted by Crippen LogP contribution is -2.29. The first kappa shape index (κ1) is 18.7. The molecule has 0 aromatic heterocycles. The number of nitrogens with one attached hydrogen (secondary N) is 1. The molecule has 0 saturated heterocycles. The molecule has 5 nitrogen and oxygen atoms in total. The van der Waals surface area contributed by atoms with Gasteiger partial charge in [-0.25, -0.2) is 12.8 Å². The lowest BCUT2D eigenvalue weighted by molar-refractivity contribution is -0.120. The van der Waals surface area contributed by atoms with Crippen LogP contribution in [0.25, 0.3) is 0 Å². The fraction of sp³-hybridized carbons (Fsp3) is 0.588. The van der Waals surface area contributed by atoms with Crippen molar-refractivity contribution >= 4 is 15.7 Å². The quantitative estimate of drug-likeness (QED) is 0.689. The van der Waals surface area contributed by atoms with E-state index in [0.29, 0.717) is 25.3 Å². The van der Waals surface area contributed by atoms with Gasteiger partial charge in [-0.2, -0.15) is 0 Å². The van der Waals surface area contributed by atoms with Crippen molar-refractivity contribution in [2.75, 3.05) is 18.9 Å². The minimum atomic E-state index is -3.15. The van der Waals surface area contributed by atoms with Crippen LogP contribution in [0.3, 0.4) is 0 Å². The van der Waals surface area contributed by atoms with Gasteiger partial charge in [0, 0.05) is 13.0 Å². The molecule has 7 heteroatoms. The summed E-state index contributed by atoms with van der Waals surface area (Å²) in [5.41, 5.74) is 0. The first-order chi connectivity index (χ1) is 11.5. The number of ether oxygens (including phenoxy) is 1. The third kappa shape index (κ3) is 6.11. The monoisotopic (exact) mass is 357 g/mol. The van der Waals surface area contributed by atoms with Crippen LogP contribution in [0.4, 0.5) is 4.39 Å². The van der Waals surface area contributed by atoms with Crippen molar-refractivity contribution in [3.63, 3.8) is 0 Å². The predicted molar refractivity (Wildman–Crippen MR) is 90.2 cm³/mol. The maximum Gasteiger partial charge on any atom is 0.221 e. The number of carbonyl (C=O) groups excluding carboxylic acids is 1. The van der Waals surface area contributed by atoms with Crippen LogP contribution < -0.4 is 10.1 Å². The number of amides is 1. The van der Waals surface area contributed by atoms with E-state index >= 15 is 0 Å². The van der Waals surface area contributed by atoms with E-state index in [1.54, 1.807) is 12.1 Å². The van der Waals surface area contributed by atoms with E-state index in [9.17, 15) is 17.6 Å². The molecule has 0 heterocycles. The van der Waals surface area contributed by atoms with Crippen molar-refractivity contribution in [3.8, 4) is 5.75 Å². The predicted octanol–water partition coefficient (Wildman–Crippen LogP) is 2.46. The van der Waals surface area contributed by atoms with Gasteiger partial charge in [0.05, 0.1) is 17.6 Å². The first-order valence-corrected chi connectivity index (χ1v) is 10.1. The van der Waals surface area contributed by atoms with E-state index in [4.69, 9.17) is 4.74 Å². The number of halogens is 1. The van der Waals surface area contributed by atoms with Crippen molar-refractivity contribution < 1.29 is 22.3 Å². The summed E-state index contributed by atoms with van der Waals surface area (Å²) in [5.74, 6) is -0.0684. The first-order valence-electron chi connectivity index (χ1n) is 8.34. The summed E-state index contributed by atoms with van der Waals surface area (Å²) >= 11 is 0. The molecule has 0 bridgehead atoms. The zero-order valence-corrected chi connectivity index (χ0v) is 14.5. The summed E-state index contributed by atoms with van der Waals surface area (Å²) in [6.07, 6.45) is 3.99. The zero-order valence-electron chi connectivity index (χ0n) is 13.7. The Morgan fingerprint density at radius 3 is 2.54 bits per heavy atom. The van der Waals surface area contributed by atoms with Crippen LogP contribution in [0.5, 0.6) is 5.75 Å². The molecule has 1 aliphatic rings. The van der Waals surface area contributed by atoms with Crippen LogP contribution in [0.2, 0.25) is 0 Å². The van der Waals surface area contributed by atoms with Crippen molar-refractivity contribution in [1.82, 2.24) is 5.32 Å². The number of benzene rings is 1. The highest BCUT2D eigenvalue weighted by Gasteiger charge is 2.28. The molecule has 0 radical (unpaired) electrons. The lowest BCUT2D eigenvalue weighted by atomic mass is 10.3. The van der Waals surface area contributed by atoms with E-state index in [0.717, 1.165) is 25.7 Å². The summed E-state index contributed by atoms with van der Waals surface area (Å²) in [7, 11) is -3.15. The van der Waals surface area contributed by atoms with Gasteiger partial charge in [-0.05, 0) is 43.5 Å². The second-order valence-corrected chi connectivity index (χ2v) is 8.43. The molecule has 1 amide bonds. The molecular weight excluding hydrogens is 333 g/mol. The Labute approximate surface area is 142 Å². The normalized spacial score (nSPS) is 15.4. The summed E-state index contributed by atoms with van der Waals surface area (Å²) in [4.78, 5) is 11.7. The van der Waals surface area contributed by atoms with Crippen LogP contribution in [0.15, 0.2) is 24.3 Å². The minimum absolute atomic E-state index is 0.0116. The molecule has 0 spiro atoms. The average Bonchev–Trinajstić information content (AvgIpc) is 3.10. The van der Waals surface area contributed by atoms with Crippen molar-refractivity contribution in [2.45, 2.75) is 43.8 Å². The molecule has 134 valence electrons. The number of rotatable bonds is 9. The lowest BCUT2D eigenvalue weighted by Gasteiger charge is -2.11. The van der Waals surface area contributed by atoms with E-state index < -0.39 is 9.84 Å². The topological polar surface area (TPSA) is 72.5 Å². The van der Waals surface area contributed by atoms with Gasteiger partial charge in [0.1, 0.15) is 11.6 Å². The zero-order chi connectivity index (χ0) is 17.4. The van der Waals surface area contributed by atoms with Crippen LogP contribution in [0, 0.1) is 5.82 Å². The van der Waals surface area contributed by atoms with E-state index in [2.05, 4.69) is 5.32 Å². The van der Waals surface area contributed by atoms with E-state index in [1.807, 2.05) is 0 Å². The second-order valence-electron chi connectivity index (χ2n) is 6.03. The van der Waals surface area contributed by atoms with Gasteiger partial charge in [-0.3, -0.25) is 4.79 Å². The molecule has 1 N–H and O–H groups in total. The molecule has 1 aliphatic carbocycles. The van der Waals surface area contributed by atoms with Gasteiger partial charge in [0.15, 0.2) is 9.84 Å². The maximum absolute atomic E-state index is 12.7. The number of sulfone groups is 1. The van der Waals surface area contributed by atoms with Gasteiger partial charge < -0.3 is 10.1 Å². The van der Waals surface area contributed by atoms with Gasteiger partial charge in [-0.15, -0.1) is 0 Å². The fourth-order valence-electron chi connectivity index (χ4n) is 2.76. The third-order valence-corrected chi connectivity index (χ3v) is 6.41. The summed E-state index contributed by atoms with van der Waals surface area (Å²) < 4.78 is 42.3. The number of carbonyl (C=O) groups is 1. The van der Waals surface area contributed by atoms with Crippen LogP contribution in [-0.4, -0.2) is 38.5 Å². The molecule has 1 fully saturated rings. The molecule has 0 aliphatic heterocycles. The standard InChI is InChI=1S/C17H24FNO4S/c18-14-6-8-15(9-7-14)23-12-3-11-19-17(20)10-13-24(21,22)16-4-1-2-5-16/h6-9,16H,1-5,10-13H2,(H,19,20). The van der Waals surface area contributed by atoms with Gasteiger partial charge >= 0.3 is 0 Å². The SMILES string of the molecule is O=C(CCS(=O)(=O)C1CCCC1)NCCCOc1ccc(F)cc1. The van der Waals surface area contributed by atoms with Gasteiger partial charge in [-0.1, -0.05) is 12.8 Å². The minimum Gasteiger partial charge on any atom is -0.494 e. The number of hydrogen-bond donors (Lipinski definition) is 1. The highest BCUT2D eigenvalue weighted by molar-refractivity contribution is 7.92. The smallest absolute Gasteiger partial charge is 0.221 e. The molecule has 24 heavy (non-hydrogen) atoms. The van der Waals surface area contributed by atoms with Gasteiger partial charge in [0.2, 0.25) is 5.91 Å². The van der Waals surface area contributed by atoms with Crippen molar-refractivity contribution in [3.05, 3.63) is 30.1 Å². The molecule has 0 unspecified atom stereocenters. The molecule has 0 atom stereocenters. The van der Waals surface area contributed by atoms with Crippen LogP contribution in [0.1, 0.15) is 38.5 Å². The Morgan fingerprint density at radius 2 is 1.88 bits per heavy atom. The highest BCUT2D eigenvalue weighted by atomic mass is 32.2. The molecule has 1 saturated carbocycles. The van der Waals surface area contributed by atoms with E-state index in [-0.39, 0.29) is 29.1 Å². The molecular formula is C17H24FNO4S. The maximum atomic E-state index is 12.7. The highest BCUT2D eigenvalue weighted by Crippen LogP contribution is 2.25.